The van der Waals surface area contributed by atoms with Crippen LogP contribution in [0.4, 0.5) is 0 Å². The Morgan fingerprint density at radius 3 is 2.73 bits per heavy atom. The van der Waals surface area contributed by atoms with Gasteiger partial charge >= 0.3 is 0 Å². The highest BCUT2D eigenvalue weighted by atomic mass is 16.5. The average molecular weight is 454 g/mol. The molecule has 0 saturated carbocycles. The molecule has 1 aromatic carbocycles. The molecule has 1 fully saturated rings. The third kappa shape index (κ3) is 5.76. The second-order valence-corrected chi connectivity index (χ2v) is 9.50. The fourth-order valence-corrected chi connectivity index (χ4v) is 5.23. The molecule has 0 aliphatic carbocycles. The summed E-state index contributed by atoms with van der Waals surface area (Å²) < 4.78 is 7.96. The fraction of sp³-hybridized carbons (Fsp3) is 0.615. The third-order valence-corrected chi connectivity index (χ3v) is 7.03. The minimum atomic E-state index is 0.126. The number of hydrogen-bond acceptors (Lipinski definition) is 5. The van der Waals surface area contributed by atoms with E-state index in [-0.39, 0.29) is 5.92 Å². The molecule has 4 rings (SSSR count). The molecule has 1 atom stereocenters. The van der Waals surface area contributed by atoms with Crippen molar-refractivity contribution in [1.29, 1.82) is 0 Å². The van der Waals surface area contributed by atoms with Crippen molar-refractivity contribution in [3.05, 3.63) is 46.8 Å². The molecule has 0 radical (unpaired) electrons. The third-order valence-electron chi connectivity index (χ3n) is 7.03. The van der Waals surface area contributed by atoms with E-state index in [1.54, 1.807) is 0 Å². The Labute approximate surface area is 198 Å². The molecule has 33 heavy (non-hydrogen) atoms. The van der Waals surface area contributed by atoms with E-state index < -0.39 is 0 Å². The predicted molar refractivity (Wildman–Crippen MR) is 130 cm³/mol. The zero-order valence-electron chi connectivity index (χ0n) is 20.7. The molecule has 0 unspecified atom stereocenters. The zero-order chi connectivity index (χ0) is 23.4. The number of aromatic nitrogens is 2. The van der Waals surface area contributed by atoms with Crippen LogP contribution in [0, 0.1) is 12.8 Å². The molecular formula is C26H39N5O2. The summed E-state index contributed by atoms with van der Waals surface area (Å²) in [7, 11) is 1.98. The summed E-state index contributed by atoms with van der Waals surface area (Å²) in [5.74, 6) is 1.44. The number of likely N-dealkylation sites (tertiary alicyclic amines) is 1. The van der Waals surface area contributed by atoms with Gasteiger partial charge in [0.2, 0.25) is 5.91 Å². The van der Waals surface area contributed by atoms with Crippen molar-refractivity contribution in [2.75, 3.05) is 39.3 Å². The van der Waals surface area contributed by atoms with Gasteiger partial charge in [-0.2, -0.15) is 5.10 Å². The highest BCUT2D eigenvalue weighted by Gasteiger charge is 2.28. The van der Waals surface area contributed by atoms with Gasteiger partial charge in [-0.15, -0.1) is 0 Å². The van der Waals surface area contributed by atoms with Crippen LogP contribution < -0.4 is 4.74 Å². The quantitative estimate of drug-likeness (QED) is 0.644. The SMILES string of the molecule is CCN(CC)C(=O)[C@H]1CCCN(Cc2ccc3c(c2)CN(Cc2cn(C)nc2C)CCO3)C1. The minimum Gasteiger partial charge on any atom is -0.492 e. The van der Waals surface area contributed by atoms with Crippen LogP contribution in [0.1, 0.15) is 49.1 Å². The predicted octanol–water partition coefficient (Wildman–Crippen LogP) is 3.20. The summed E-state index contributed by atoms with van der Waals surface area (Å²) in [5.41, 5.74) is 4.91. The van der Waals surface area contributed by atoms with Crippen molar-refractivity contribution in [1.82, 2.24) is 24.5 Å². The number of ether oxygens (including phenoxy) is 1. The van der Waals surface area contributed by atoms with Gasteiger partial charge in [0.1, 0.15) is 12.4 Å². The van der Waals surface area contributed by atoms with E-state index in [2.05, 4.69) is 60.1 Å². The molecule has 7 nitrogen and oxygen atoms in total. The van der Waals surface area contributed by atoms with Crippen LogP contribution in [0.5, 0.6) is 5.75 Å². The molecule has 1 aromatic heterocycles. The van der Waals surface area contributed by atoms with Gasteiger partial charge in [0.05, 0.1) is 11.6 Å². The van der Waals surface area contributed by atoms with E-state index in [0.717, 1.165) is 76.6 Å². The molecule has 0 N–H and O–H groups in total. The molecule has 3 heterocycles. The van der Waals surface area contributed by atoms with Crippen molar-refractivity contribution in [3.63, 3.8) is 0 Å². The summed E-state index contributed by atoms with van der Waals surface area (Å²) in [6.07, 6.45) is 4.21. The summed E-state index contributed by atoms with van der Waals surface area (Å²) >= 11 is 0. The van der Waals surface area contributed by atoms with Crippen molar-refractivity contribution in [2.45, 2.75) is 53.2 Å². The van der Waals surface area contributed by atoms with E-state index in [1.807, 2.05) is 16.6 Å². The molecule has 0 spiro atoms. The summed E-state index contributed by atoms with van der Waals surface area (Å²) in [6.45, 7) is 14.0. The number of carbonyl (C=O) groups excluding carboxylic acids is 1. The second-order valence-electron chi connectivity index (χ2n) is 9.50. The van der Waals surface area contributed by atoms with Crippen LogP contribution in [0.25, 0.3) is 0 Å². The molecule has 0 bridgehead atoms. The summed E-state index contributed by atoms with van der Waals surface area (Å²) in [6, 6.07) is 6.63. The number of aryl methyl sites for hydroxylation is 2. The van der Waals surface area contributed by atoms with Crippen molar-refractivity contribution < 1.29 is 9.53 Å². The number of amides is 1. The lowest BCUT2D eigenvalue weighted by molar-refractivity contribution is -0.137. The molecule has 2 aromatic rings. The lowest BCUT2D eigenvalue weighted by atomic mass is 9.95. The van der Waals surface area contributed by atoms with Gasteiger partial charge in [-0.25, -0.2) is 0 Å². The minimum absolute atomic E-state index is 0.126. The topological polar surface area (TPSA) is 53.8 Å². The van der Waals surface area contributed by atoms with Crippen LogP contribution in [-0.4, -0.2) is 69.7 Å². The summed E-state index contributed by atoms with van der Waals surface area (Å²) in [4.78, 5) is 19.7. The first kappa shape index (κ1) is 23.8. The maximum atomic E-state index is 12.9. The Morgan fingerprint density at radius 2 is 2.00 bits per heavy atom. The number of rotatable bonds is 7. The Bertz CT molecular complexity index is 952. The van der Waals surface area contributed by atoms with Gasteiger partial charge in [-0.05, 0) is 57.9 Å². The normalized spacial score (nSPS) is 19.6. The molecule has 7 heteroatoms. The molecule has 180 valence electrons. The van der Waals surface area contributed by atoms with Crippen LogP contribution in [0.2, 0.25) is 0 Å². The molecule has 1 saturated heterocycles. The fourth-order valence-electron chi connectivity index (χ4n) is 5.23. The van der Waals surface area contributed by atoms with E-state index in [0.29, 0.717) is 12.5 Å². The van der Waals surface area contributed by atoms with Crippen molar-refractivity contribution in [2.24, 2.45) is 13.0 Å². The monoisotopic (exact) mass is 453 g/mol. The van der Waals surface area contributed by atoms with E-state index >= 15 is 0 Å². The average Bonchev–Trinajstić information content (AvgIpc) is 2.99. The number of carbonyl (C=O) groups is 1. The van der Waals surface area contributed by atoms with Crippen molar-refractivity contribution >= 4 is 5.91 Å². The van der Waals surface area contributed by atoms with E-state index in [4.69, 9.17) is 4.74 Å². The van der Waals surface area contributed by atoms with Gasteiger partial charge in [-0.3, -0.25) is 19.3 Å². The largest absolute Gasteiger partial charge is 0.492 e. The lowest BCUT2D eigenvalue weighted by Crippen LogP contribution is -2.44. The van der Waals surface area contributed by atoms with Gasteiger partial charge in [-0.1, -0.05) is 6.07 Å². The first-order valence-electron chi connectivity index (χ1n) is 12.4. The van der Waals surface area contributed by atoms with Gasteiger partial charge in [0, 0.05) is 70.2 Å². The lowest BCUT2D eigenvalue weighted by Gasteiger charge is -2.34. The smallest absolute Gasteiger partial charge is 0.226 e. The van der Waals surface area contributed by atoms with Crippen LogP contribution in [0.15, 0.2) is 24.4 Å². The Morgan fingerprint density at radius 1 is 1.18 bits per heavy atom. The standard InChI is InChI=1S/C26H39N5O2/c1-5-31(6-2)26(32)22-8-7-11-29(17-22)15-21-9-10-25-23(14-21)18-30(12-13-33-25)19-24-16-28(4)27-20(24)3/h9-10,14,16,22H,5-8,11-13,15,17-19H2,1-4H3/t22-/m0/s1. The Balaban J connectivity index is 1.41. The zero-order valence-corrected chi connectivity index (χ0v) is 20.7. The Kier molecular flexibility index (Phi) is 7.71. The van der Waals surface area contributed by atoms with E-state index in [1.165, 1.54) is 16.7 Å². The number of piperidine rings is 1. The first-order valence-corrected chi connectivity index (χ1v) is 12.4. The first-order chi connectivity index (χ1) is 16.0. The van der Waals surface area contributed by atoms with E-state index in [9.17, 15) is 4.79 Å². The highest BCUT2D eigenvalue weighted by Crippen LogP contribution is 2.27. The van der Waals surface area contributed by atoms with Gasteiger partial charge < -0.3 is 9.64 Å². The maximum absolute atomic E-state index is 12.9. The number of fused-ring (bicyclic) bond motifs is 1. The maximum Gasteiger partial charge on any atom is 0.226 e. The van der Waals surface area contributed by atoms with Gasteiger partial charge in [0.25, 0.3) is 0 Å². The molecule has 2 aliphatic heterocycles. The highest BCUT2D eigenvalue weighted by molar-refractivity contribution is 5.79. The number of hydrogen-bond donors (Lipinski definition) is 0. The second kappa shape index (κ2) is 10.7. The molecule has 2 aliphatic rings. The number of benzene rings is 1. The summed E-state index contributed by atoms with van der Waals surface area (Å²) in [5, 5.41) is 4.49. The molecule has 1 amide bonds. The van der Waals surface area contributed by atoms with Crippen molar-refractivity contribution in [3.8, 4) is 5.75 Å². The van der Waals surface area contributed by atoms with Crippen LogP contribution >= 0.6 is 0 Å². The number of nitrogens with zero attached hydrogens (tertiary/aromatic N) is 5. The van der Waals surface area contributed by atoms with Crippen LogP contribution in [0.3, 0.4) is 0 Å². The van der Waals surface area contributed by atoms with Crippen LogP contribution in [-0.2, 0) is 31.5 Å². The Hall–Kier alpha value is -2.38. The molecular weight excluding hydrogens is 414 g/mol. The van der Waals surface area contributed by atoms with Gasteiger partial charge in [0.15, 0.2) is 0 Å².